The maximum absolute atomic E-state index is 12.2. The lowest BCUT2D eigenvalue weighted by molar-refractivity contribution is -0.144. The molecule has 0 atom stereocenters. The average Bonchev–Trinajstić information content (AvgIpc) is 2.36. The zero-order valence-corrected chi connectivity index (χ0v) is 12.2. The molecule has 0 aliphatic rings. The summed E-state index contributed by atoms with van der Waals surface area (Å²) in [6.07, 6.45) is 0. The summed E-state index contributed by atoms with van der Waals surface area (Å²) in [5.74, 6) is -0.476. The molecule has 0 amide bonds. The number of esters is 1. The van der Waals surface area contributed by atoms with Crippen LogP contribution in [0.2, 0.25) is 0 Å². The number of benzene rings is 1. The summed E-state index contributed by atoms with van der Waals surface area (Å²) >= 11 is 3.32. The number of nitrogens with zero attached hydrogens (tertiary/aromatic N) is 2. The smallest absolute Gasteiger partial charge is 0.327 e. The number of carbonyl (C=O) groups is 1. The second-order valence-corrected chi connectivity index (χ2v) is 4.86. The number of hydrogen-bond donors (Lipinski definition) is 0. The second-order valence-electron chi connectivity index (χ2n) is 4.11. The quantitative estimate of drug-likeness (QED) is 0.810. The van der Waals surface area contributed by atoms with Gasteiger partial charge >= 0.3 is 5.97 Å². The summed E-state index contributed by atoms with van der Waals surface area (Å²) in [7, 11) is 0. The Bertz CT molecular complexity index is 694. The first-order valence-electron chi connectivity index (χ1n) is 5.85. The molecule has 0 saturated heterocycles. The number of halogens is 1. The van der Waals surface area contributed by atoms with Gasteiger partial charge in [0.2, 0.25) is 0 Å². The molecule has 0 bridgehead atoms. The van der Waals surface area contributed by atoms with Gasteiger partial charge in [0.25, 0.3) is 5.56 Å². The molecule has 0 unspecified atom stereocenters. The van der Waals surface area contributed by atoms with Crippen molar-refractivity contribution in [3.63, 3.8) is 0 Å². The van der Waals surface area contributed by atoms with E-state index in [1.165, 1.54) is 0 Å². The van der Waals surface area contributed by atoms with Gasteiger partial charge in [-0.3, -0.25) is 9.59 Å². The van der Waals surface area contributed by atoms with E-state index < -0.39 is 5.97 Å². The molecular weight excluding hydrogens is 312 g/mol. The Kier molecular flexibility index (Phi) is 3.99. The fraction of sp³-hybridized carbons (Fsp3) is 0.308. The van der Waals surface area contributed by atoms with Crippen LogP contribution in [0.4, 0.5) is 0 Å². The van der Waals surface area contributed by atoms with Crippen LogP contribution in [-0.4, -0.2) is 22.4 Å². The SMILES string of the molecule is CCOC(=O)Cn1nc(Br)c2cc(C)ccc2c1=O. The molecule has 0 aliphatic heterocycles. The Morgan fingerprint density at radius 1 is 1.42 bits per heavy atom. The van der Waals surface area contributed by atoms with Gasteiger partial charge in [0, 0.05) is 5.39 Å². The number of aromatic nitrogens is 2. The van der Waals surface area contributed by atoms with Gasteiger partial charge in [-0.15, -0.1) is 0 Å². The van der Waals surface area contributed by atoms with Crippen LogP contribution in [-0.2, 0) is 16.1 Å². The first-order valence-corrected chi connectivity index (χ1v) is 6.65. The highest BCUT2D eigenvalue weighted by Crippen LogP contribution is 2.19. The molecule has 2 rings (SSSR count). The number of rotatable bonds is 3. The second kappa shape index (κ2) is 5.52. The van der Waals surface area contributed by atoms with Gasteiger partial charge in [-0.1, -0.05) is 11.6 Å². The van der Waals surface area contributed by atoms with Crippen molar-refractivity contribution < 1.29 is 9.53 Å². The maximum Gasteiger partial charge on any atom is 0.327 e. The van der Waals surface area contributed by atoms with E-state index in [2.05, 4.69) is 21.0 Å². The fourth-order valence-electron chi connectivity index (χ4n) is 1.80. The van der Waals surface area contributed by atoms with Gasteiger partial charge in [-0.25, -0.2) is 4.68 Å². The third-order valence-electron chi connectivity index (χ3n) is 2.65. The highest BCUT2D eigenvalue weighted by molar-refractivity contribution is 9.10. The van der Waals surface area contributed by atoms with E-state index in [0.717, 1.165) is 15.6 Å². The van der Waals surface area contributed by atoms with Crippen LogP contribution in [0.15, 0.2) is 27.6 Å². The standard InChI is InChI=1S/C13H13BrN2O3/c1-3-19-11(17)7-16-13(18)9-5-4-8(2)6-10(9)12(14)15-16/h4-6H,3,7H2,1-2H3. The Morgan fingerprint density at radius 2 is 2.16 bits per heavy atom. The van der Waals surface area contributed by atoms with E-state index >= 15 is 0 Å². The van der Waals surface area contributed by atoms with Crippen LogP contribution in [0, 0.1) is 6.92 Å². The third kappa shape index (κ3) is 2.84. The normalized spacial score (nSPS) is 10.7. The Hall–Kier alpha value is -1.69. The van der Waals surface area contributed by atoms with Gasteiger partial charge in [0.05, 0.1) is 12.0 Å². The molecule has 1 aromatic carbocycles. The molecule has 0 radical (unpaired) electrons. The fourth-order valence-corrected chi connectivity index (χ4v) is 2.32. The number of fused-ring (bicyclic) bond motifs is 1. The highest BCUT2D eigenvalue weighted by Gasteiger charge is 2.12. The molecule has 2 aromatic rings. The first kappa shape index (κ1) is 13.7. The predicted molar refractivity (Wildman–Crippen MR) is 75.1 cm³/mol. The molecule has 1 aromatic heterocycles. The minimum Gasteiger partial charge on any atom is -0.465 e. The average molecular weight is 325 g/mol. The molecule has 0 aliphatic carbocycles. The maximum atomic E-state index is 12.2. The topological polar surface area (TPSA) is 61.2 Å². The van der Waals surface area contributed by atoms with Crippen LogP contribution in [0.1, 0.15) is 12.5 Å². The van der Waals surface area contributed by atoms with E-state index in [-0.39, 0.29) is 18.7 Å². The van der Waals surface area contributed by atoms with E-state index in [4.69, 9.17) is 4.74 Å². The predicted octanol–water partition coefficient (Wildman–Crippen LogP) is 2.03. The zero-order valence-electron chi connectivity index (χ0n) is 10.6. The van der Waals surface area contributed by atoms with Gasteiger partial charge in [-0.2, -0.15) is 5.10 Å². The van der Waals surface area contributed by atoms with Crippen molar-refractivity contribution in [3.05, 3.63) is 38.7 Å². The Balaban J connectivity index is 2.53. The van der Waals surface area contributed by atoms with Crippen molar-refractivity contribution in [2.45, 2.75) is 20.4 Å². The van der Waals surface area contributed by atoms with E-state index in [1.807, 2.05) is 19.1 Å². The minimum absolute atomic E-state index is 0.185. The third-order valence-corrected chi connectivity index (χ3v) is 3.24. The summed E-state index contributed by atoms with van der Waals surface area (Å²) in [5, 5.41) is 5.35. The molecule has 0 N–H and O–H groups in total. The van der Waals surface area contributed by atoms with Crippen molar-refractivity contribution in [3.8, 4) is 0 Å². The largest absolute Gasteiger partial charge is 0.465 e. The lowest BCUT2D eigenvalue weighted by Gasteiger charge is -2.08. The molecule has 0 spiro atoms. The van der Waals surface area contributed by atoms with E-state index in [1.54, 1.807) is 13.0 Å². The summed E-state index contributed by atoms with van der Waals surface area (Å²) in [5.41, 5.74) is 0.740. The van der Waals surface area contributed by atoms with Crippen molar-refractivity contribution in [2.24, 2.45) is 0 Å². The van der Waals surface area contributed by atoms with Gasteiger partial charge in [0.1, 0.15) is 11.1 Å². The van der Waals surface area contributed by atoms with Crippen LogP contribution in [0.25, 0.3) is 10.8 Å². The zero-order chi connectivity index (χ0) is 14.0. The summed E-state index contributed by atoms with van der Waals surface area (Å²) < 4.78 is 6.47. The number of ether oxygens (including phenoxy) is 1. The summed E-state index contributed by atoms with van der Waals surface area (Å²) in [6.45, 7) is 3.75. The summed E-state index contributed by atoms with van der Waals surface area (Å²) in [4.78, 5) is 23.6. The van der Waals surface area contributed by atoms with Crippen LogP contribution < -0.4 is 5.56 Å². The van der Waals surface area contributed by atoms with Gasteiger partial charge in [0.15, 0.2) is 0 Å². The van der Waals surface area contributed by atoms with Crippen LogP contribution in [0.5, 0.6) is 0 Å². The Morgan fingerprint density at radius 3 is 2.84 bits per heavy atom. The number of carbonyl (C=O) groups excluding carboxylic acids is 1. The molecule has 19 heavy (non-hydrogen) atoms. The monoisotopic (exact) mass is 324 g/mol. The van der Waals surface area contributed by atoms with E-state index in [9.17, 15) is 9.59 Å². The molecule has 0 saturated carbocycles. The molecule has 100 valence electrons. The molecule has 5 nitrogen and oxygen atoms in total. The minimum atomic E-state index is -0.476. The van der Waals surface area contributed by atoms with Crippen molar-refractivity contribution in [1.82, 2.24) is 9.78 Å². The first-order chi connectivity index (χ1) is 9.02. The molecular formula is C13H13BrN2O3. The lowest BCUT2D eigenvalue weighted by atomic mass is 10.1. The Labute approximate surface area is 118 Å². The van der Waals surface area contributed by atoms with Crippen LogP contribution >= 0.6 is 15.9 Å². The highest BCUT2D eigenvalue weighted by atomic mass is 79.9. The van der Waals surface area contributed by atoms with Crippen molar-refractivity contribution >= 4 is 32.7 Å². The van der Waals surface area contributed by atoms with Crippen molar-refractivity contribution in [1.29, 1.82) is 0 Å². The molecule has 0 fully saturated rings. The van der Waals surface area contributed by atoms with Gasteiger partial charge in [-0.05, 0) is 41.9 Å². The van der Waals surface area contributed by atoms with Gasteiger partial charge < -0.3 is 4.74 Å². The molecule has 6 heteroatoms. The lowest BCUT2D eigenvalue weighted by Crippen LogP contribution is -2.28. The van der Waals surface area contributed by atoms with Crippen molar-refractivity contribution in [2.75, 3.05) is 6.61 Å². The number of aryl methyl sites for hydroxylation is 1. The van der Waals surface area contributed by atoms with Crippen LogP contribution in [0.3, 0.4) is 0 Å². The molecule has 1 heterocycles. The number of hydrogen-bond acceptors (Lipinski definition) is 4. The summed E-state index contributed by atoms with van der Waals surface area (Å²) in [6, 6.07) is 5.47. The van der Waals surface area contributed by atoms with E-state index in [0.29, 0.717) is 9.99 Å².